The van der Waals surface area contributed by atoms with Gasteiger partial charge in [-0.05, 0) is 42.0 Å². The van der Waals surface area contributed by atoms with Crippen LogP contribution in [0.3, 0.4) is 0 Å². The first-order chi connectivity index (χ1) is 15.2. The SMILES string of the molecule is Nc1ccc(SC2=C/C(=C3/C(=O)NN=C3Cc3ccccc3)Nc3ccccc32)cc1. The number of anilines is 2. The lowest BCUT2D eigenvalue weighted by Gasteiger charge is -2.22. The molecule has 3 aromatic rings. The Bertz CT molecular complexity index is 1240. The number of hydrogen-bond donors (Lipinski definition) is 3. The van der Waals surface area contributed by atoms with Gasteiger partial charge in [0.1, 0.15) is 0 Å². The van der Waals surface area contributed by atoms with Crippen molar-refractivity contribution in [2.24, 2.45) is 5.10 Å². The zero-order valence-corrected chi connectivity index (χ0v) is 17.4. The average molecular weight is 425 g/mol. The number of amides is 1. The van der Waals surface area contributed by atoms with Crippen LogP contribution in [-0.2, 0) is 11.2 Å². The summed E-state index contributed by atoms with van der Waals surface area (Å²) in [7, 11) is 0. The number of nitrogen functional groups attached to an aromatic ring is 1. The fourth-order valence-corrected chi connectivity index (χ4v) is 4.63. The van der Waals surface area contributed by atoms with E-state index in [0.717, 1.165) is 43.7 Å². The number of rotatable bonds is 4. The molecule has 0 spiro atoms. The van der Waals surface area contributed by atoms with Gasteiger partial charge in [-0.25, -0.2) is 5.43 Å². The quantitative estimate of drug-likeness (QED) is 0.415. The third kappa shape index (κ3) is 3.98. The number of allylic oxidation sites excluding steroid dienone is 1. The standard InChI is InChI=1S/C25H20N4OS/c26-17-10-12-18(13-11-17)31-23-15-21(27-20-9-5-4-8-19(20)23)24-22(28-29-25(24)30)14-16-6-2-1-3-7-16/h1-13,15,27H,14,26H2,(H,29,30)/b24-21-. The molecule has 0 atom stereocenters. The molecule has 0 aromatic heterocycles. The fraction of sp³-hybridized carbons (Fsp3) is 0.0400. The molecule has 2 aliphatic heterocycles. The summed E-state index contributed by atoms with van der Waals surface area (Å²) in [5.74, 6) is -0.194. The van der Waals surface area contributed by atoms with Crippen molar-refractivity contribution in [1.82, 2.24) is 5.43 Å². The van der Waals surface area contributed by atoms with Gasteiger partial charge in [0.05, 0.1) is 17.0 Å². The number of fused-ring (bicyclic) bond motifs is 1. The lowest BCUT2D eigenvalue weighted by atomic mass is 9.98. The molecule has 0 bridgehead atoms. The van der Waals surface area contributed by atoms with Crippen molar-refractivity contribution >= 4 is 39.7 Å². The lowest BCUT2D eigenvalue weighted by Crippen LogP contribution is -2.20. The van der Waals surface area contributed by atoms with E-state index >= 15 is 0 Å². The summed E-state index contributed by atoms with van der Waals surface area (Å²) >= 11 is 1.64. The third-order valence-corrected chi connectivity index (χ3v) is 6.20. The number of carbonyl (C=O) groups excluding carboxylic acids is 1. The Labute approximate surface area is 184 Å². The monoisotopic (exact) mass is 424 g/mol. The minimum Gasteiger partial charge on any atom is -0.399 e. The summed E-state index contributed by atoms with van der Waals surface area (Å²) < 4.78 is 0. The van der Waals surface area contributed by atoms with E-state index in [1.807, 2.05) is 78.9 Å². The Morgan fingerprint density at radius 3 is 2.45 bits per heavy atom. The van der Waals surface area contributed by atoms with Crippen molar-refractivity contribution < 1.29 is 4.79 Å². The van der Waals surface area contributed by atoms with Crippen molar-refractivity contribution in [3.05, 3.63) is 107 Å². The molecule has 1 amide bonds. The van der Waals surface area contributed by atoms with E-state index in [2.05, 4.69) is 21.9 Å². The number of thioether (sulfide) groups is 1. The molecule has 0 aliphatic carbocycles. The summed E-state index contributed by atoms with van der Waals surface area (Å²) in [5.41, 5.74) is 14.4. The van der Waals surface area contributed by atoms with Crippen LogP contribution in [0.2, 0.25) is 0 Å². The zero-order chi connectivity index (χ0) is 21.2. The summed E-state index contributed by atoms with van der Waals surface area (Å²) in [4.78, 5) is 14.9. The summed E-state index contributed by atoms with van der Waals surface area (Å²) in [5, 5.41) is 7.75. The van der Waals surface area contributed by atoms with Crippen LogP contribution in [0.15, 0.2) is 106 Å². The maximum Gasteiger partial charge on any atom is 0.275 e. The molecule has 0 fully saturated rings. The molecular weight excluding hydrogens is 404 g/mol. The Balaban J connectivity index is 1.56. The molecule has 0 radical (unpaired) electrons. The largest absolute Gasteiger partial charge is 0.399 e. The number of para-hydroxylation sites is 1. The topological polar surface area (TPSA) is 79.5 Å². The minimum atomic E-state index is -0.194. The van der Waals surface area contributed by atoms with Crippen molar-refractivity contribution in [2.75, 3.05) is 11.1 Å². The molecule has 2 aliphatic rings. The second kappa shape index (κ2) is 8.16. The number of hydrogen-bond acceptors (Lipinski definition) is 5. The number of hydrazone groups is 1. The van der Waals surface area contributed by atoms with Crippen LogP contribution in [0.4, 0.5) is 11.4 Å². The first kappa shape index (κ1) is 19.2. The average Bonchev–Trinajstić information content (AvgIpc) is 3.15. The van der Waals surface area contributed by atoms with Crippen molar-refractivity contribution in [1.29, 1.82) is 0 Å². The molecule has 5 rings (SSSR count). The van der Waals surface area contributed by atoms with E-state index in [4.69, 9.17) is 5.73 Å². The van der Waals surface area contributed by atoms with Crippen LogP contribution in [-0.4, -0.2) is 11.6 Å². The molecule has 0 unspecified atom stereocenters. The Morgan fingerprint density at radius 2 is 1.65 bits per heavy atom. The zero-order valence-electron chi connectivity index (χ0n) is 16.6. The Kier molecular flexibility index (Phi) is 5.06. The predicted molar refractivity (Wildman–Crippen MR) is 128 cm³/mol. The molecule has 5 nitrogen and oxygen atoms in total. The van der Waals surface area contributed by atoms with Gasteiger partial charge < -0.3 is 11.1 Å². The van der Waals surface area contributed by atoms with Crippen LogP contribution in [0.5, 0.6) is 0 Å². The number of benzene rings is 3. The van der Waals surface area contributed by atoms with Crippen LogP contribution in [0.25, 0.3) is 4.91 Å². The van der Waals surface area contributed by atoms with Crippen LogP contribution in [0, 0.1) is 0 Å². The van der Waals surface area contributed by atoms with Gasteiger partial charge in [0.25, 0.3) is 5.91 Å². The first-order valence-electron chi connectivity index (χ1n) is 9.94. The van der Waals surface area contributed by atoms with Gasteiger partial charge in [0.15, 0.2) is 0 Å². The normalized spacial score (nSPS) is 17.4. The summed E-state index contributed by atoms with van der Waals surface area (Å²) in [6.45, 7) is 0. The molecule has 4 N–H and O–H groups in total. The lowest BCUT2D eigenvalue weighted by molar-refractivity contribution is -0.116. The molecule has 0 saturated heterocycles. The molecule has 3 aromatic carbocycles. The Morgan fingerprint density at radius 1 is 0.903 bits per heavy atom. The van der Waals surface area contributed by atoms with Crippen LogP contribution in [0.1, 0.15) is 11.1 Å². The number of carbonyl (C=O) groups is 1. The van der Waals surface area contributed by atoms with Gasteiger partial charge in [-0.3, -0.25) is 4.79 Å². The van der Waals surface area contributed by atoms with E-state index in [1.165, 1.54) is 0 Å². The fourth-order valence-electron chi connectivity index (χ4n) is 3.63. The van der Waals surface area contributed by atoms with Crippen molar-refractivity contribution in [3.8, 4) is 0 Å². The van der Waals surface area contributed by atoms with E-state index in [0.29, 0.717) is 12.0 Å². The number of nitrogens with one attached hydrogen (secondary N) is 2. The van der Waals surface area contributed by atoms with Gasteiger partial charge in [-0.1, -0.05) is 60.3 Å². The maximum atomic E-state index is 12.7. The second-order valence-corrected chi connectivity index (χ2v) is 8.42. The van der Waals surface area contributed by atoms with Gasteiger partial charge in [0.2, 0.25) is 0 Å². The minimum absolute atomic E-state index is 0.194. The van der Waals surface area contributed by atoms with Crippen LogP contribution >= 0.6 is 11.8 Å². The van der Waals surface area contributed by atoms with E-state index in [-0.39, 0.29) is 5.91 Å². The van der Waals surface area contributed by atoms with E-state index < -0.39 is 0 Å². The molecule has 152 valence electrons. The van der Waals surface area contributed by atoms with Crippen LogP contribution < -0.4 is 16.5 Å². The second-order valence-electron chi connectivity index (χ2n) is 7.30. The van der Waals surface area contributed by atoms with E-state index in [1.54, 1.807) is 11.8 Å². The number of nitrogens with zero attached hydrogens (tertiary/aromatic N) is 1. The maximum absolute atomic E-state index is 12.7. The molecule has 0 saturated carbocycles. The smallest absolute Gasteiger partial charge is 0.275 e. The highest BCUT2D eigenvalue weighted by atomic mass is 32.2. The van der Waals surface area contributed by atoms with E-state index in [9.17, 15) is 4.79 Å². The van der Waals surface area contributed by atoms with Gasteiger partial charge in [-0.15, -0.1) is 0 Å². The molecule has 2 heterocycles. The highest BCUT2D eigenvalue weighted by molar-refractivity contribution is 8.08. The first-order valence-corrected chi connectivity index (χ1v) is 10.8. The highest BCUT2D eigenvalue weighted by Gasteiger charge is 2.28. The molecule has 6 heteroatoms. The number of nitrogens with two attached hydrogens (primary N) is 1. The predicted octanol–water partition coefficient (Wildman–Crippen LogP) is 4.81. The Hall–Kier alpha value is -3.77. The third-order valence-electron chi connectivity index (χ3n) is 5.14. The molecular formula is C25H20N4OS. The highest BCUT2D eigenvalue weighted by Crippen LogP contribution is 2.42. The van der Waals surface area contributed by atoms with Crippen molar-refractivity contribution in [3.63, 3.8) is 0 Å². The summed E-state index contributed by atoms with van der Waals surface area (Å²) in [6, 6.07) is 25.9. The van der Waals surface area contributed by atoms with Gasteiger partial charge in [0, 0.05) is 33.2 Å². The van der Waals surface area contributed by atoms with Gasteiger partial charge >= 0.3 is 0 Å². The van der Waals surface area contributed by atoms with Crippen molar-refractivity contribution in [2.45, 2.75) is 11.3 Å². The van der Waals surface area contributed by atoms with Gasteiger partial charge in [-0.2, -0.15) is 5.10 Å². The summed E-state index contributed by atoms with van der Waals surface area (Å²) in [6.07, 6.45) is 2.61. The molecule has 31 heavy (non-hydrogen) atoms.